The molecule has 2 aromatic rings. The van der Waals surface area contributed by atoms with Crippen molar-refractivity contribution in [1.82, 2.24) is 4.72 Å². The van der Waals surface area contributed by atoms with Crippen LogP contribution in [0.25, 0.3) is 0 Å². The fraction of sp³-hybridized carbons (Fsp3) is 0.133. The average molecular weight is 391 g/mol. The van der Waals surface area contributed by atoms with Crippen LogP contribution >= 0.6 is 23.2 Å². The maximum absolute atomic E-state index is 13.2. The molecule has 0 bridgehead atoms. The molecular formula is C15H13Cl2FN2O3S. The molecule has 0 saturated heterocycles. The first-order valence-electron chi connectivity index (χ1n) is 6.70. The van der Waals surface area contributed by atoms with E-state index in [0.717, 1.165) is 12.1 Å². The van der Waals surface area contributed by atoms with Crippen LogP contribution in [-0.2, 0) is 14.8 Å². The summed E-state index contributed by atoms with van der Waals surface area (Å²) in [5.74, 6) is -1.12. The maximum atomic E-state index is 13.2. The Morgan fingerprint density at radius 1 is 1.17 bits per heavy atom. The van der Waals surface area contributed by atoms with E-state index in [1.165, 1.54) is 31.2 Å². The van der Waals surface area contributed by atoms with Gasteiger partial charge in [-0.15, -0.1) is 0 Å². The number of carbonyl (C=O) groups is 1. The topological polar surface area (TPSA) is 75.3 Å². The predicted octanol–water partition coefficient (Wildman–Crippen LogP) is 3.36. The van der Waals surface area contributed by atoms with Crippen LogP contribution in [0.15, 0.2) is 41.3 Å². The summed E-state index contributed by atoms with van der Waals surface area (Å²) in [4.78, 5) is 11.7. The molecule has 0 aliphatic rings. The number of anilines is 1. The van der Waals surface area contributed by atoms with Crippen LogP contribution in [0.1, 0.15) is 5.56 Å². The summed E-state index contributed by atoms with van der Waals surface area (Å²) < 4.78 is 39.6. The maximum Gasteiger partial charge on any atom is 0.241 e. The molecule has 0 radical (unpaired) electrons. The van der Waals surface area contributed by atoms with Crippen LogP contribution in [0.3, 0.4) is 0 Å². The molecule has 9 heteroatoms. The number of aryl methyl sites for hydroxylation is 1. The van der Waals surface area contributed by atoms with Crippen molar-refractivity contribution in [1.29, 1.82) is 0 Å². The zero-order valence-corrected chi connectivity index (χ0v) is 14.8. The third-order valence-electron chi connectivity index (χ3n) is 3.07. The fourth-order valence-electron chi connectivity index (χ4n) is 1.81. The minimum Gasteiger partial charge on any atom is -0.324 e. The van der Waals surface area contributed by atoms with E-state index in [0.29, 0.717) is 10.7 Å². The molecule has 2 aromatic carbocycles. The minimum absolute atomic E-state index is 0.126. The van der Waals surface area contributed by atoms with Gasteiger partial charge in [0, 0.05) is 5.02 Å². The standard InChI is InChI=1S/C15H13Cl2FN2O3S/c1-9-6-11(3-4-13(9)18)24(22,23)19-8-15(21)20-14-5-2-10(16)7-12(14)17/h2-7,19H,8H2,1H3,(H,20,21). The Bertz CT molecular complexity index is 888. The Labute approximate surface area is 148 Å². The summed E-state index contributed by atoms with van der Waals surface area (Å²) in [5, 5.41) is 3.10. The first-order chi connectivity index (χ1) is 11.2. The molecule has 1 amide bonds. The molecule has 0 fully saturated rings. The van der Waals surface area contributed by atoms with Crippen molar-refractivity contribution in [2.24, 2.45) is 0 Å². The van der Waals surface area contributed by atoms with Gasteiger partial charge >= 0.3 is 0 Å². The normalized spacial score (nSPS) is 11.3. The molecule has 0 saturated carbocycles. The summed E-state index contributed by atoms with van der Waals surface area (Å²) in [5.41, 5.74) is 0.498. The highest BCUT2D eigenvalue weighted by atomic mass is 35.5. The highest BCUT2D eigenvalue weighted by molar-refractivity contribution is 7.89. The van der Waals surface area contributed by atoms with E-state index in [1.807, 2.05) is 0 Å². The van der Waals surface area contributed by atoms with Crippen molar-refractivity contribution in [2.75, 3.05) is 11.9 Å². The molecule has 0 unspecified atom stereocenters. The number of nitrogens with one attached hydrogen (secondary N) is 2. The predicted molar refractivity (Wildman–Crippen MR) is 91.4 cm³/mol. The van der Waals surface area contributed by atoms with Crippen molar-refractivity contribution in [3.05, 3.63) is 57.8 Å². The van der Waals surface area contributed by atoms with Gasteiger partial charge in [0.25, 0.3) is 0 Å². The first-order valence-corrected chi connectivity index (χ1v) is 8.93. The average Bonchev–Trinajstić information content (AvgIpc) is 2.51. The second-order valence-corrected chi connectivity index (χ2v) is 7.52. The lowest BCUT2D eigenvalue weighted by atomic mass is 10.2. The molecule has 0 aromatic heterocycles. The SMILES string of the molecule is Cc1cc(S(=O)(=O)NCC(=O)Nc2ccc(Cl)cc2Cl)ccc1F. The molecular weight excluding hydrogens is 378 g/mol. The van der Waals surface area contributed by atoms with Gasteiger partial charge in [-0.3, -0.25) is 4.79 Å². The highest BCUT2D eigenvalue weighted by Crippen LogP contribution is 2.25. The van der Waals surface area contributed by atoms with Crippen LogP contribution in [0.5, 0.6) is 0 Å². The van der Waals surface area contributed by atoms with E-state index in [9.17, 15) is 17.6 Å². The van der Waals surface area contributed by atoms with E-state index in [1.54, 1.807) is 0 Å². The fourth-order valence-corrected chi connectivity index (χ4v) is 3.34. The zero-order valence-electron chi connectivity index (χ0n) is 12.4. The second-order valence-electron chi connectivity index (χ2n) is 4.91. The lowest BCUT2D eigenvalue weighted by Gasteiger charge is -2.10. The molecule has 128 valence electrons. The Hall–Kier alpha value is -1.67. The number of hydrogen-bond acceptors (Lipinski definition) is 3. The van der Waals surface area contributed by atoms with E-state index < -0.39 is 28.3 Å². The first kappa shape index (κ1) is 18.7. The Kier molecular flexibility index (Phi) is 5.82. The number of halogens is 3. The van der Waals surface area contributed by atoms with Crippen molar-refractivity contribution < 1.29 is 17.6 Å². The number of benzene rings is 2. The van der Waals surface area contributed by atoms with E-state index in [4.69, 9.17) is 23.2 Å². The molecule has 24 heavy (non-hydrogen) atoms. The number of hydrogen-bond donors (Lipinski definition) is 2. The zero-order chi connectivity index (χ0) is 17.9. The molecule has 0 heterocycles. The lowest BCUT2D eigenvalue weighted by molar-refractivity contribution is -0.115. The largest absolute Gasteiger partial charge is 0.324 e. The summed E-state index contributed by atoms with van der Waals surface area (Å²) in [6.45, 7) is 0.946. The van der Waals surface area contributed by atoms with E-state index in [2.05, 4.69) is 10.0 Å². The number of amides is 1. The van der Waals surface area contributed by atoms with Gasteiger partial charge in [-0.1, -0.05) is 23.2 Å². The smallest absolute Gasteiger partial charge is 0.241 e. The number of carbonyl (C=O) groups excluding carboxylic acids is 1. The van der Waals surface area contributed by atoms with Gasteiger partial charge in [0.15, 0.2) is 0 Å². The van der Waals surface area contributed by atoms with Crippen LogP contribution in [0, 0.1) is 12.7 Å². The van der Waals surface area contributed by atoms with Gasteiger partial charge in [0.05, 0.1) is 22.2 Å². The Morgan fingerprint density at radius 3 is 2.50 bits per heavy atom. The highest BCUT2D eigenvalue weighted by Gasteiger charge is 2.17. The van der Waals surface area contributed by atoms with Crippen molar-refractivity contribution in [3.8, 4) is 0 Å². The molecule has 0 aliphatic carbocycles. The van der Waals surface area contributed by atoms with Gasteiger partial charge in [0.2, 0.25) is 15.9 Å². The second kappa shape index (κ2) is 7.48. The van der Waals surface area contributed by atoms with Crippen molar-refractivity contribution in [2.45, 2.75) is 11.8 Å². The minimum atomic E-state index is -3.94. The Morgan fingerprint density at radius 2 is 1.88 bits per heavy atom. The van der Waals surface area contributed by atoms with Gasteiger partial charge in [-0.2, -0.15) is 0 Å². The molecule has 5 nitrogen and oxygen atoms in total. The Balaban J connectivity index is 2.03. The van der Waals surface area contributed by atoms with Crippen LogP contribution in [-0.4, -0.2) is 20.9 Å². The van der Waals surface area contributed by atoms with Crippen LogP contribution in [0.4, 0.5) is 10.1 Å². The molecule has 2 rings (SSSR count). The van der Waals surface area contributed by atoms with Gasteiger partial charge in [-0.25, -0.2) is 17.5 Å². The molecule has 0 aliphatic heterocycles. The van der Waals surface area contributed by atoms with Crippen LogP contribution in [0.2, 0.25) is 10.0 Å². The third kappa shape index (κ3) is 4.67. The molecule has 0 atom stereocenters. The summed E-state index contributed by atoms with van der Waals surface area (Å²) in [6.07, 6.45) is 0. The third-order valence-corrected chi connectivity index (χ3v) is 5.01. The van der Waals surface area contributed by atoms with Crippen molar-refractivity contribution in [3.63, 3.8) is 0 Å². The monoisotopic (exact) mass is 390 g/mol. The lowest BCUT2D eigenvalue weighted by Crippen LogP contribution is -2.33. The quantitative estimate of drug-likeness (QED) is 0.821. The van der Waals surface area contributed by atoms with E-state index in [-0.39, 0.29) is 15.5 Å². The summed E-state index contributed by atoms with van der Waals surface area (Å²) in [7, 11) is -3.94. The van der Waals surface area contributed by atoms with Crippen molar-refractivity contribution >= 4 is 44.8 Å². The summed E-state index contributed by atoms with van der Waals surface area (Å²) >= 11 is 11.7. The van der Waals surface area contributed by atoms with Crippen LogP contribution < -0.4 is 10.0 Å². The molecule has 2 N–H and O–H groups in total. The number of rotatable bonds is 5. The van der Waals surface area contributed by atoms with Gasteiger partial charge in [-0.05, 0) is 48.9 Å². The van der Waals surface area contributed by atoms with Gasteiger partial charge in [0.1, 0.15) is 5.82 Å². The van der Waals surface area contributed by atoms with E-state index >= 15 is 0 Å². The number of sulfonamides is 1. The summed E-state index contributed by atoms with van der Waals surface area (Å²) in [6, 6.07) is 7.85. The molecule has 0 spiro atoms. The van der Waals surface area contributed by atoms with Gasteiger partial charge < -0.3 is 5.32 Å².